The highest BCUT2D eigenvalue weighted by molar-refractivity contribution is 7.99. The monoisotopic (exact) mass is 450 g/mol. The van der Waals surface area contributed by atoms with Gasteiger partial charge in [0.05, 0.1) is 11.4 Å². The number of carbonyl (C=O) groups is 1. The SMILES string of the molecule is CCCCCNC(=O)Nc1ccccc1SCCCn1c(C)nc(-c2ccccc2)c1C. The molecule has 0 unspecified atom stereocenters. The van der Waals surface area contributed by atoms with Crippen LogP contribution in [0.2, 0.25) is 0 Å². The van der Waals surface area contributed by atoms with Crippen LogP contribution in [0.15, 0.2) is 59.5 Å². The van der Waals surface area contributed by atoms with Gasteiger partial charge in [0.15, 0.2) is 0 Å². The number of aryl methyl sites for hydroxylation is 1. The number of hydrogen-bond donors (Lipinski definition) is 2. The Bertz CT molecular complexity index is 1000. The molecule has 2 N–H and O–H groups in total. The molecule has 0 bridgehead atoms. The summed E-state index contributed by atoms with van der Waals surface area (Å²) in [5, 5.41) is 5.94. The number of hydrogen-bond acceptors (Lipinski definition) is 3. The number of nitrogens with zero attached hydrogens (tertiary/aromatic N) is 2. The molecule has 6 heteroatoms. The molecule has 2 aromatic carbocycles. The Labute approximate surface area is 196 Å². The zero-order chi connectivity index (χ0) is 22.8. The highest BCUT2D eigenvalue weighted by Crippen LogP contribution is 2.28. The predicted molar refractivity (Wildman–Crippen MR) is 135 cm³/mol. The minimum Gasteiger partial charge on any atom is -0.338 e. The van der Waals surface area contributed by atoms with Crippen molar-refractivity contribution < 1.29 is 4.79 Å². The summed E-state index contributed by atoms with van der Waals surface area (Å²) in [6.07, 6.45) is 4.32. The second-order valence-electron chi connectivity index (χ2n) is 7.90. The van der Waals surface area contributed by atoms with Gasteiger partial charge in [-0.1, -0.05) is 62.2 Å². The Morgan fingerprint density at radius 2 is 1.75 bits per heavy atom. The van der Waals surface area contributed by atoms with Crippen molar-refractivity contribution in [3.63, 3.8) is 0 Å². The quantitative estimate of drug-likeness (QED) is 0.254. The molecule has 0 atom stereocenters. The van der Waals surface area contributed by atoms with E-state index in [9.17, 15) is 4.79 Å². The molecule has 0 saturated carbocycles. The van der Waals surface area contributed by atoms with Gasteiger partial charge in [0.25, 0.3) is 0 Å². The maximum absolute atomic E-state index is 12.2. The van der Waals surface area contributed by atoms with E-state index in [1.165, 1.54) is 5.69 Å². The second kappa shape index (κ2) is 12.3. The summed E-state index contributed by atoms with van der Waals surface area (Å²) >= 11 is 1.78. The van der Waals surface area contributed by atoms with Gasteiger partial charge in [-0.2, -0.15) is 0 Å². The van der Waals surface area contributed by atoms with Gasteiger partial charge >= 0.3 is 6.03 Å². The smallest absolute Gasteiger partial charge is 0.319 e. The fourth-order valence-electron chi connectivity index (χ4n) is 3.72. The van der Waals surface area contributed by atoms with Crippen LogP contribution in [0.3, 0.4) is 0 Å². The fraction of sp³-hybridized carbons (Fsp3) is 0.385. The minimum atomic E-state index is -0.132. The second-order valence-corrected chi connectivity index (χ2v) is 9.03. The topological polar surface area (TPSA) is 59.0 Å². The number of urea groups is 1. The van der Waals surface area contributed by atoms with E-state index in [1.54, 1.807) is 11.8 Å². The van der Waals surface area contributed by atoms with E-state index in [1.807, 2.05) is 24.3 Å². The van der Waals surface area contributed by atoms with Crippen LogP contribution in [-0.2, 0) is 6.54 Å². The van der Waals surface area contributed by atoms with Crippen molar-refractivity contribution in [1.82, 2.24) is 14.9 Å². The van der Waals surface area contributed by atoms with Gasteiger partial charge in [0.2, 0.25) is 0 Å². The van der Waals surface area contributed by atoms with Crippen LogP contribution >= 0.6 is 11.8 Å². The maximum atomic E-state index is 12.2. The third-order valence-electron chi connectivity index (χ3n) is 5.44. The van der Waals surface area contributed by atoms with E-state index >= 15 is 0 Å². The number of carbonyl (C=O) groups excluding carboxylic acids is 1. The molecule has 0 aliphatic heterocycles. The zero-order valence-corrected chi connectivity index (χ0v) is 20.2. The molecule has 0 aliphatic carbocycles. The summed E-state index contributed by atoms with van der Waals surface area (Å²) < 4.78 is 2.30. The standard InChI is InChI=1S/C26H34N4OS/c1-4-5-11-17-27-26(31)29-23-15-9-10-16-24(23)32-19-12-18-30-20(2)25(28-21(30)3)22-13-7-6-8-14-22/h6-10,13-16H,4-5,11-12,17-19H2,1-3H3,(H2,27,29,31). The maximum Gasteiger partial charge on any atom is 0.319 e. The van der Waals surface area contributed by atoms with E-state index in [0.717, 1.165) is 65.6 Å². The van der Waals surface area contributed by atoms with Crippen molar-refractivity contribution in [3.05, 3.63) is 66.1 Å². The van der Waals surface area contributed by atoms with Crippen LogP contribution in [-0.4, -0.2) is 27.9 Å². The summed E-state index contributed by atoms with van der Waals surface area (Å²) in [7, 11) is 0. The number of anilines is 1. The Hall–Kier alpha value is -2.73. The average molecular weight is 451 g/mol. The molecule has 0 fully saturated rings. The molecular formula is C26H34N4OS. The lowest BCUT2D eigenvalue weighted by Gasteiger charge is -2.12. The normalized spacial score (nSPS) is 10.8. The van der Waals surface area contributed by atoms with Gasteiger partial charge < -0.3 is 15.2 Å². The average Bonchev–Trinajstić information content (AvgIpc) is 3.09. The molecule has 1 aromatic heterocycles. The fourth-order valence-corrected chi connectivity index (χ4v) is 4.66. The van der Waals surface area contributed by atoms with Crippen LogP contribution in [0, 0.1) is 13.8 Å². The lowest BCUT2D eigenvalue weighted by atomic mass is 10.1. The zero-order valence-electron chi connectivity index (χ0n) is 19.4. The van der Waals surface area contributed by atoms with Crippen LogP contribution in [0.5, 0.6) is 0 Å². The molecule has 1 heterocycles. The van der Waals surface area contributed by atoms with Crippen molar-refractivity contribution in [2.45, 2.75) is 57.9 Å². The first-order valence-electron chi connectivity index (χ1n) is 11.5. The Kier molecular flexibility index (Phi) is 9.23. The van der Waals surface area contributed by atoms with Crippen molar-refractivity contribution in [2.24, 2.45) is 0 Å². The first kappa shape index (κ1) is 23.9. The Morgan fingerprint density at radius 1 is 1.00 bits per heavy atom. The molecule has 3 rings (SSSR count). The number of nitrogens with one attached hydrogen (secondary N) is 2. The molecule has 170 valence electrons. The first-order valence-corrected chi connectivity index (χ1v) is 12.4. The van der Waals surface area contributed by atoms with Gasteiger partial charge in [-0.25, -0.2) is 9.78 Å². The molecular weight excluding hydrogens is 416 g/mol. The number of benzene rings is 2. The van der Waals surface area contributed by atoms with E-state index < -0.39 is 0 Å². The molecule has 0 saturated heterocycles. The van der Waals surface area contributed by atoms with Crippen LogP contribution in [0.1, 0.15) is 44.1 Å². The summed E-state index contributed by atoms with van der Waals surface area (Å²) in [6.45, 7) is 8.02. The summed E-state index contributed by atoms with van der Waals surface area (Å²) in [5.41, 5.74) is 4.30. The lowest BCUT2D eigenvalue weighted by molar-refractivity contribution is 0.252. The molecule has 0 radical (unpaired) electrons. The van der Waals surface area contributed by atoms with Gasteiger partial charge in [-0.15, -0.1) is 11.8 Å². The summed E-state index contributed by atoms with van der Waals surface area (Å²) in [4.78, 5) is 18.1. The Balaban J connectivity index is 1.52. The number of aromatic nitrogens is 2. The molecule has 2 amide bonds. The lowest BCUT2D eigenvalue weighted by Crippen LogP contribution is -2.29. The largest absolute Gasteiger partial charge is 0.338 e. The van der Waals surface area contributed by atoms with E-state index in [0.29, 0.717) is 6.54 Å². The van der Waals surface area contributed by atoms with Crippen LogP contribution < -0.4 is 10.6 Å². The molecule has 0 aliphatic rings. The highest BCUT2D eigenvalue weighted by Gasteiger charge is 2.12. The number of amides is 2. The number of thioether (sulfide) groups is 1. The number of rotatable bonds is 11. The first-order chi connectivity index (χ1) is 15.6. The highest BCUT2D eigenvalue weighted by atomic mass is 32.2. The van der Waals surface area contributed by atoms with Gasteiger partial charge in [0.1, 0.15) is 5.82 Å². The van der Waals surface area contributed by atoms with Gasteiger partial charge in [0, 0.05) is 29.2 Å². The third kappa shape index (κ3) is 6.63. The van der Waals surface area contributed by atoms with Crippen molar-refractivity contribution in [3.8, 4) is 11.3 Å². The van der Waals surface area contributed by atoms with Crippen LogP contribution in [0.4, 0.5) is 10.5 Å². The molecule has 32 heavy (non-hydrogen) atoms. The Morgan fingerprint density at radius 3 is 2.53 bits per heavy atom. The van der Waals surface area contributed by atoms with Gasteiger partial charge in [-0.3, -0.25) is 0 Å². The number of imidazole rings is 1. The van der Waals surface area contributed by atoms with Crippen molar-refractivity contribution >= 4 is 23.5 Å². The molecule has 0 spiro atoms. The van der Waals surface area contributed by atoms with E-state index in [-0.39, 0.29) is 6.03 Å². The molecule has 5 nitrogen and oxygen atoms in total. The van der Waals surface area contributed by atoms with Crippen molar-refractivity contribution in [1.29, 1.82) is 0 Å². The van der Waals surface area contributed by atoms with E-state index in [4.69, 9.17) is 4.98 Å². The van der Waals surface area contributed by atoms with Gasteiger partial charge in [-0.05, 0) is 44.6 Å². The minimum absolute atomic E-state index is 0.132. The predicted octanol–water partition coefficient (Wildman–Crippen LogP) is 6.66. The van der Waals surface area contributed by atoms with Crippen LogP contribution in [0.25, 0.3) is 11.3 Å². The van der Waals surface area contributed by atoms with Crippen molar-refractivity contribution in [2.75, 3.05) is 17.6 Å². The number of unbranched alkanes of at least 4 members (excludes halogenated alkanes) is 2. The van der Waals surface area contributed by atoms with E-state index in [2.05, 4.69) is 66.3 Å². The summed E-state index contributed by atoms with van der Waals surface area (Å²) in [6, 6.07) is 18.2. The third-order valence-corrected chi connectivity index (χ3v) is 6.60. The summed E-state index contributed by atoms with van der Waals surface area (Å²) in [5.74, 6) is 2.02. The number of para-hydroxylation sites is 1. The molecule has 3 aromatic rings.